The van der Waals surface area contributed by atoms with Gasteiger partial charge in [0.2, 0.25) is 0 Å². The normalized spacial score (nSPS) is 34.3. The zero-order valence-corrected chi connectivity index (χ0v) is 9.37. The molecule has 3 aliphatic carbocycles. The van der Waals surface area contributed by atoms with E-state index in [9.17, 15) is 4.79 Å². The number of hydrazone groups is 1. The minimum atomic E-state index is -0.604. The van der Waals surface area contributed by atoms with Gasteiger partial charge in [0.15, 0.2) is 0 Å². The first-order chi connectivity index (χ1) is 6.93. The fraction of sp³-hybridized carbons (Fsp3) is 0.636. The summed E-state index contributed by atoms with van der Waals surface area (Å²) in [6.07, 6.45) is 3.22. The minimum absolute atomic E-state index is 0.275. The molecule has 0 heterocycles. The number of nitrogens with one attached hydrogen (secondary N) is 1. The van der Waals surface area contributed by atoms with E-state index in [2.05, 4.69) is 37.4 Å². The van der Waals surface area contributed by atoms with Crippen LogP contribution in [0.25, 0.3) is 0 Å². The number of allylic oxidation sites excluding steroid dienone is 2. The standard InChI is InChI=1S/C11H17N3O/c1-6-4-9(13-14-10(12)15)8-5-7(6)11(8,2)3/h4,7-8H,5H2,1-3H3,(H3,12,14,15)/b13-9-/t7-,8+/m1/s1. The fourth-order valence-corrected chi connectivity index (χ4v) is 2.86. The van der Waals surface area contributed by atoms with Crippen molar-refractivity contribution >= 4 is 11.7 Å². The number of fused-ring (bicyclic) bond motifs is 1. The quantitative estimate of drug-likeness (QED) is 0.630. The van der Waals surface area contributed by atoms with E-state index in [4.69, 9.17) is 5.73 Å². The fourth-order valence-electron chi connectivity index (χ4n) is 2.86. The van der Waals surface area contributed by atoms with Crippen LogP contribution in [0, 0.1) is 17.3 Å². The van der Waals surface area contributed by atoms with Gasteiger partial charge < -0.3 is 5.73 Å². The van der Waals surface area contributed by atoms with Crippen LogP contribution in [0.3, 0.4) is 0 Å². The van der Waals surface area contributed by atoms with E-state index >= 15 is 0 Å². The van der Waals surface area contributed by atoms with Crippen LogP contribution in [0.2, 0.25) is 0 Å². The summed E-state index contributed by atoms with van der Waals surface area (Å²) in [6, 6.07) is -0.604. The molecule has 3 aliphatic rings. The molecule has 1 saturated carbocycles. The van der Waals surface area contributed by atoms with Crippen molar-refractivity contribution < 1.29 is 4.79 Å². The first-order valence-corrected chi connectivity index (χ1v) is 5.24. The molecule has 0 aromatic carbocycles. The van der Waals surface area contributed by atoms with Gasteiger partial charge in [-0.15, -0.1) is 0 Å². The first-order valence-electron chi connectivity index (χ1n) is 5.24. The molecule has 0 aromatic heterocycles. The van der Waals surface area contributed by atoms with Gasteiger partial charge in [-0.25, -0.2) is 10.2 Å². The average molecular weight is 207 g/mol. The molecule has 0 aromatic rings. The van der Waals surface area contributed by atoms with Crippen LogP contribution in [0.4, 0.5) is 4.79 Å². The van der Waals surface area contributed by atoms with Crippen LogP contribution >= 0.6 is 0 Å². The Bertz CT molecular complexity index is 368. The maximum atomic E-state index is 10.6. The van der Waals surface area contributed by atoms with E-state index in [1.807, 2.05) is 0 Å². The van der Waals surface area contributed by atoms with Crippen molar-refractivity contribution in [1.82, 2.24) is 5.43 Å². The van der Waals surface area contributed by atoms with Crippen molar-refractivity contribution in [3.05, 3.63) is 11.6 Å². The zero-order valence-electron chi connectivity index (χ0n) is 9.37. The molecule has 3 N–H and O–H groups in total. The lowest BCUT2D eigenvalue weighted by molar-refractivity contribution is 0.0467. The second-order valence-corrected chi connectivity index (χ2v) is 5.06. The van der Waals surface area contributed by atoms with Crippen LogP contribution in [0.5, 0.6) is 0 Å². The Morgan fingerprint density at radius 2 is 2.27 bits per heavy atom. The molecule has 4 heteroatoms. The number of carbonyl (C=O) groups is 1. The Kier molecular flexibility index (Phi) is 2.10. The maximum Gasteiger partial charge on any atom is 0.332 e. The Morgan fingerprint density at radius 1 is 1.60 bits per heavy atom. The molecule has 2 bridgehead atoms. The van der Waals surface area contributed by atoms with Gasteiger partial charge in [-0.05, 0) is 30.8 Å². The topological polar surface area (TPSA) is 67.5 Å². The van der Waals surface area contributed by atoms with E-state index in [-0.39, 0.29) is 5.41 Å². The number of carbonyl (C=O) groups excluding carboxylic acids is 1. The highest BCUT2D eigenvalue weighted by molar-refractivity contribution is 6.01. The molecule has 0 aliphatic heterocycles. The highest BCUT2D eigenvalue weighted by atomic mass is 16.2. The van der Waals surface area contributed by atoms with Gasteiger partial charge >= 0.3 is 6.03 Å². The second kappa shape index (κ2) is 3.08. The monoisotopic (exact) mass is 207 g/mol. The first kappa shape index (κ1) is 10.2. The van der Waals surface area contributed by atoms with Crippen LogP contribution in [-0.2, 0) is 0 Å². The summed E-state index contributed by atoms with van der Waals surface area (Å²) in [4.78, 5) is 10.6. The number of urea groups is 1. The molecule has 1 fully saturated rings. The number of nitrogens with two attached hydrogens (primary N) is 1. The molecule has 82 valence electrons. The van der Waals surface area contributed by atoms with Crippen molar-refractivity contribution in [2.24, 2.45) is 28.1 Å². The number of nitrogens with zero attached hydrogens (tertiary/aromatic N) is 1. The molecule has 3 rings (SSSR count). The third-order valence-corrected chi connectivity index (χ3v) is 3.85. The van der Waals surface area contributed by atoms with Crippen LogP contribution in [0.1, 0.15) is 27.2 Å². The lowest BCUT2D eigenvalue weighted by Gasteiger charge is -2.56. The van der Waals surface area contributed by atoms with Crippen molar-refractivity contribution in [3.8, 4) is 0 Å². The molecule has 2 atom stereocenters. The zero-order chi connectivity index (χ0) is 11.2. The molecule has 4 nitrogen and oxygen atoms in total. The molecule has 0 radical (unpaired) electrons. The van der Waals surface area contributed by atoms with E-state index < -0.39 is 6.03 Å². The summed E-state index contributed by atoms with van der Waals surface area (Å²) in [6.45, 7) is 6.63. The summed E-state index contributed by atoms with van der Waals surface area (Å²) in [5.74, 6) is 1.13. The number of amides is 2. The van der Waals surface area contributed by atoms with Gasteiger partial charge in [0, 0.05) is 5.92 Å². The Balaban J connectivity index is 2.25. The van der Waals surface area contributed by atoms with Gasteiger partial charge in [-0.1, -0.05) is 19.4 Å². The Hall–Kier alpha value is -1.32. The van der Waals surface area contributed by atoms with Gasteiger partial charge in [0.1, 0.15) is 0 Å². The van der Waals surface area contributed by atoms with E-state index in [0.717, 1.165) is 12.1 Å². The van der Waals surface area contributed by atoms with Crippen LogP contribution < -0.4 is 11.2 Å². The van der Waals surface area contributed by atoms with Crippen molar-refractivity contribution in [1.29, 1.82) is 0 Å². The van der Waals surface area contributed by atoms with E-state index in [0.29, 0.717) is 11.8 Å². The van der Waals surface area contributed by atoms with Crippen LogP contribution in [0.15, 0.2) is 16.8 Å². The van der Waals surface area contributed by atoms with Gasteiger partial charge in [0.05, 0.1) is 5.71 Å². The van der Waals surface area contributed by atoms with Crippen molar-refractivity contribution in [2.45, 2.75) is 27.2 Å². The molecule has 2 amide bonds. The van der Waals surface area contributed by atoms with Gasteiger partial charge in [0.25, 0.3) is 0 Å². The summed E-state index contributed by atoms with van der Waals surface area (Å²) in [7, 11) is 0. The minimum Gasteiger partial charge on any atom is -0.350 e. The van der Waals surface area contributed by atoms with Crippen LogP contribution in [-0.4, -0.2) is 11.7 Å². The lowest BCUT2D eigenvalue weighted by Crippen LogP contribution is -2.52. The second-order valence-electron chi connectivity index (χ2n) is 5.06. The summed E-state index contributed by atoms with van der Waals surface area (Å²) in [5.41, 5.74) is 9.89. The Labute approximate surface area is 89.6 Å². The van der Waals surface area contributed by atoms with Crippen molar-refractivity contribution in [2.75, 3.05) is 0 Å². The molecular weight excluding hydrogens is 190 g/mol. The highest BCUT2D eigenvalue weighted by Gasteiger charge is 2.53. The predicted octanol–water partition coefficient (Wildman–Crippen LogP) is 1.63. The predicted molar refractivity (Wildman–Crippen MR) is 59.3 cm³/mol. The molecule has 0 unspecified atom stereocenters. The molecule has 0 spiro atoms. The number of hydrogen-bond acceptors (Lipinski definition) is 2. The van der Waals surface area contributed by atoms with Crippen molar-refractivity contribution in [3.63, 3.8) is 0 Å². The maximum absolute atomic E-state index is 10.6. The van der Waals surface area contributed by atoms with E-state index in [1.165, 1.54) is 5.57 Å². The summed E-state index contributed by atoms with van der Waals surface area (Å²) in [5, 5.41) is 4.06. The summed E-state index contributed by atoms with van der Waals surface area (Å²) < 4.78 is 0. The lowest BCUT2D eigenvalue weighted by atomic mass is 9.48. The average Bonchev–Trinajstić information content (AvgIpc) is 2.13. The summed E-state index contributed by atoms with van der Waals surface area (Å²) >= 11 is 0. The SMILES string of the molecule is CC1=C/C(=N/NC(N)=O)[C@@H]2C[C@H]1C2(C)C. The highest BCUT2D eigenvalue weighted by Crippen LogP contribution is 2.57. The van der Waals surface area contributed by atoms with Gasteiger partial charge in [-0.2, -0.15) is 5.10 Å². The molecule has 0 saturated heterocycles. The third-order valence-electron chi connectivity index (χ3n) is 3.85. The molecular formula is C11H17N3O. The Morgan fingerprint density at radius 3 is 2.73 bits per heavy atom. The van der Waals surface area contributed by atoms with E-state index in [1.54, 1.807) is 0 Å². The number of primary amides is 1. The smallest absolute Gasteiger partial charge is 0.332 e. The number of hydrogen-bond donors (Lipinski definition) is 2. The van der Waals surface area contributed by atoms with Gasteiger partial charge in [-0.3, -0.25) is 0 Å². The third kappa shape index (κ3) is 1.44. The molecule has 15 heavy (non-hydrogen) atoms. The largest absolute Gasteiger partial charge is 0.350 e. The number of rotatable bonds is 1.